The van der Waals surface area contributed by atoms with Gasteiger partial charge >= 0.3 is 0 Å². The summed E-state index contributed by atoms with van der Waals surface area (Å²) in [5.74, 6) is 2.68. The van der Waals surface area contributed by atoms with Gasteiger partial charge < -0.3 is 15.4 Å². The number of aryl methyl sites for hydroxylation is 1. The molecule has 0 spiro atoms. The molecular formula is C13H22N4O. The normalized spacial score (nSPS) is 16.6. The Kier molecular flexibility index (Phi) is 4.36. The van der Waals surface area contributed by atoms with Gasteiger partial charge in [0.05, 0.1) is 0 Å². The van der Waals surface area contributed by atoms with E-state index < -0.39 is 0 Å². The highest BCUT2D eigenvalue weighted by atomic mass is 16.5. The molecule has 5 heteroatoms. The van der Waals surface area contributed by atoms with Crippen LogP contribution in [0.1, 0.15) is 31.2 Å². The average Bonchev–Trinajstić information content (AvgIpc) is 2.36. The monoisotopic (exact) mass is 250 g/mol. The molecule has 1 fully saturated rings. The van der Waals surface area contributed by atoms with E-state index in [1.165, 1.54) is 0 Å². The van der Waals surface area contributed by atoms with Crippen LogP contribution in [0.15, 0.2) is 0 Å². The van der Waals surface area contributed by atoms with Crippen LogP contribution in [0, 0.1) is 13.8 Å². The average molecular weight is 250 g/mol. The standard InChI is InChI=1S/C13H22N4O/c1-4-14-12-9(2)13(16-10(3)15-12)17-11-5-7-18-8-6-11/h11H,4-8H2,1-3H3,(H2,14,15,16,17). The lowest BCUT2D eigenvalue weighted by Crippen LogP contribution is -2.29. The van der Waals surface area contributed by atoms with E-state index in [2.05, 4.69) is 34.4 Å². The first-order valence-electron chi connectivity index (χ1n) is 6.64. The summed E-state index contributed by atoms with van der Waals surface area (Å²) in [4.78, 5) is 8.94. The molecule has 0 aromatic carbocycles. The predicted molar refractivity (Wildman–Crippen MR) is 73.1 cm³/mol. The molecule has 0 saturated carbocycles. The van der Waals surface area contributed by atoms with Crippen molar-refractivity contribution in [1.29, 1.82) is 0 Å². The fourth-order valence-corrected chi connectivity index (χ4v) is 2.14. The van der Waals surface area contributed by atoms with Crippen LogP contribution in [0.2, 0.25) is 0 Å². The van der Waals surface area contributed by atoms with Crippen LogP contribution in [0.5, 0.6) is 0 Å². The summed E-state index contributed by atoms with van der Waals surface area (Å²) < 4.78 is 5.37. The third-order valence-electron chi connectivity index (χ3n) is 3.16. The first-order valence-corrected chi connectivity index (χ1v) is 6.64. The van der Waals surface area contributed by atoms with Gasteiger partial charge in [-0.25, -0.2) is 9.97 Å². The Balaban J connectivity index is 2.15. The van der Waals surface area contributed by atoms with Crippen LogP contribution in [0.4, 0.5) is 11.6 Å². The van der Waals surface area contributed by atoms with Gasteiger partial charge in [-0.05, 0) is 33.6 Å². The Bertz CT molecular complexity index is 402. The minimum atomic E-state index is 0.459. The fourth-order valence-electron chi connectivity index (χ4n) is 2.14. The van der Waals surface area contributed by atoms with Gasteiger partial charge in [-0.3, -0.25) is 0 Å². The molecule has 2 heterocycles. The first kappa shape index (κ1) is 13.1. The lowest BCUT2D eigenvalue weighted by molar-refractivity contribution is 0.0903. The lowest BCUT2D eigenvalue weighted by Gasteiger charge is -2.25. The van der Waals surface area contributed by atoms with E-state index in [1.54, 1.807) is 0 Å². The predicted octanol–water partition coefficient (Wildman–Crippen LogP) is 2.12. The largest absolute Gasteiger partial charge is 0.381 e. The molecule has 0 atom stereocenters. The zero-order valence-corrected chi connectivity index (χ0v) is 11.4. The Morgan fingerprint density at radius 2 is 1.83 bits per heavy atom. The van der Waals surface area contributed by atoms with Crippen molar-refractivity contribution in [3.8, 4) is 0 Å². The highest BCUT2D eigenvalue weighted by Gasteiger charge is 2.16. The number of hydrogen-bond acceptors (Lipinski definition) is 5. The van der Waals surface area contributed by atoms with Crippen molar-refractivity contribution in [1.82, 2.24) is 9.97 Å². The maximum atomic E-state index is 5.37. The van der Waals surface area contributed by atoms with Gasteiger partial charge in [0.2, 0.25) is 0 Å². The molecule has 5 nitrogen and oxygen atoms in total. The number of anilines is 2. The Morgan fingerprint density at radius 1 is 1.17 bits per heavy atom. The van der Waals surface area contributed by atoms with Crippen LogP contribution in [0.3, 0.4) is 0 Å². The van der Waals surface area contributed by atoms with Crippen LogP contribution < -0.4 is 10.6 Å². The van der Waals surface area contributed by atoms with Gasteiger partial charge in [0.25, 0.3) is 0 Å². The molecule has 0 bridgehead atoms. The van der Waals surface area contributed by atoms with E-state index in [1.807, 2.05) is 6.92 Å². The van der Waals surface area contributed by atoms with Gasteiger partial charge in [0.15, 0.2) is 0 Å². The molecule has 2 rings (SSSR count). The Hall–Kier alpha value is -1.36. The fraction of sp³-hybridized carbons (Fsp3) is 0.692. The summed E-state index contributed by atoms with van der Waals surface area (Å²) in [5, 5.41) is 6.80. The van der Waals surface area contributed by atoms with Crippen molar-refractivity contribution < 1.29 is 4.74 Å². The molecule has 1 aromatic rings. The molecule has 100 valence electrons. The van der Waals surface area contributed by atoms with Gasteiger partial charge in [0, 0.05) is 31.4 Å². The summed E-state index contributed by atoms with van der Waals surface area (Å²) in [6.45, 7) is 8.59. The molecular weight excluding hydrogens is 228 g/mol. The van der Waals surface area contributed by atoms with Crippen molar-refractivity contribution >= 4 is 11.6 Å². The summed E-state index contributed by atoms with van der Waals surface area (Å²) in [5.41, 5.74) is 1.09. The SMILES string of the molecule is CCNc1nc(C)nc(NC2CCOCC2)c1C. The summed E-state index contributed by atoms with van der Waals surface area (Å²) in [6.07, 6.45) is 2.08. The van der Waals surface area contributed by atoms with E-state index in [-0.39, 0.29) is 0 Å². The topological polar surface area (TPSA) is 59.1 Å². The lowest BCUT2D eigenvalue weighted by atomic mass is 10.1. The molecule has 1 aromatic heterocycles. The minimum absolute atomic E-state index is 0.459. The van der Waals surface area contributed by atoms with Gasteiger partial charge in [-0.1, -0.05) is 0 Å². The molecule has 18 heavy (non-hydrogen) atoms. The number of aromatic nitrogens is 2. The van der Waals surface area contributed by atoms with E-state index in [0.717, 1.165) is 55.6 Å². The van der Waals surface area contributed by atoms with E-state index in [4.69, 9.17) is 4.74 Å². The smallest absolute Gasteiger partial charge is 0.134 e. The van der Waals surface area contributed by atoms with Crippen molar-refractivity contribution in [2.75, 3.05) is 30.4 Å². The molecule has 1 aliphatic heterocycles. The maximum absolute atomic E-state index is 5.37. The van der Waals surface area contributed by atoms with Gasteiger partial charge in [-0.2, -0.15) is 0 Å². The zero-order valence-electron chi connectivity index (χ0n) is 11.4. The van der Waals surface area contributed by atoms with Crippen molar-refractivity contribution in [2.45, 2.75) is 39.7 Å². The molecule has 2 N–H and O–H groups in total. The molecule has 1 aliphatic rings. The Labute approximate surface area is 108 Å². The molecule has 0 radical (unpaired) electrons. The van der Waals surface area contributed by atoms with Crippen LogP contribution in [-0.4, -0.2) is 35.8 Å². The number of nitrogens with zero attached hydrogens (tertiary/aromatic N) is 2. The van der Waals surface area contributed by atoms with E-state index in [9.17, 15) is 0 Å². The van der Waals surface area contributed by atoms with Crippen LogP contribution >= 0.6 is 0 Å². The number of ether oxygens (including phenoxy) is 1. The second-order valence-electron chi connectivity index (χ2n) is 4.65. The highest BCUT2D eigenvalue weighted by molar-refractivity contribution is 5.57. The van der Waals surface area contributed by atoms with Gasteiger partial charge in [-0.15, -0.1) is 0 Å². The van der Waals surface area contributed by atoms with E-state index >= 15 is 0 Å². The minimum Gasteiger partial charge on any atom is -0.381 e. The van der Waals surface area contributed by atoms with E-state index in [0.29, 0.717) is 6.04 Å². The van der Waals surface area contributed by atoms with Crippen molar-refractivity contribution in [3.05, 3.63) is 11.4 Å². The van der Waals surface area contributed by atoms with Crippen molar-refractivity contribution in [2.24, 2.45) is 0 Å². The number of hydrogen-bond donors (Lipinski definition) is 2. The molecule has 1 saturated heterocycles. The summed E-state index contributed by atoms with van der Waals surface area (Å²) >= 11 is 0. The highest BCUT2D eigenvalue weighted by Crippen LogP contribution is 2.22. The van der Waals surface area contributed by atoms with Crippen molar-refractivity contribution in [3.63, 3.8) is 0 Å². The number of nitrogens with one attached hydrogen (secondary N) is 2. The molecule has 0 aliphatic carbocycles. The maximum Gasteiger partial charge on any atom is 0.134 e. The summed E-state index contributed by atoms with van der Waals surface area (Å²) in [6, 6.07) is 0.459. The second kappa shape index (κ2) is 6.00. The second-order valence-corrected chi connectivity index (χ2v) is 4.65. The molecule has 0 unspecified atom stereocenters. The first-order chi connectivity index (χ1) is 8.70. The third kappa shape index (κ3) is 3.10. The third-order valence-corrected chi connectivity index (χ3v) is 3.16. The number of rotatable bonds is 4. The van der Waals surface area contributed by atoms with Gasteiger partial charge in [0.1, 0.15) is 17.5 Å². The quantitative estimate of drug-likeness (QED) is 0.857. The van der Waals surface area contributed by atoms with Crippen LogP contribution in [0.25, 0.3) is 0 Å². The zero-order chi connectivity index (χ0) is 13.0. The Morgan fingerprint density at radius 3 is 2.50 bits per heavy atom. The van der Waals surface area contributed by atoms with Crippen LogP contribution in [-0.2, 0) is 4.74 Å². The summed E-state index contributed by atoms with van der Waals surface area (Å²) in [7, 11) is 0. The molecule has 0 amide bonds.